The Morgan fingerprint density at radius 3 is 2.50 bits per heavy atom. The maximum absolute atomic E-state index is 13.5. The molecule has 2 fully saturated rings. The zero-order chi connectivity index (χ0) is 20.1. The molecule has 1 spiro atoms. The molecule has 0 bridgehead atoms. The standard InChI is InChI=1S/C18H18F4N4O2/c1-10(15(27)26-7-6-17(9-26)8-18(17,21)22)23-16-25-24-14(28-16)12-4-2-11(3-5-12)13(19)20/h2-5,10,13H,6-9H2,1H3,(H,23,25)/t10-,17+/m0/s1. The Morgan fingerprint density at radius 2 is 1.93 bits per heavy atom. The minimum atomic E-state index is -2.68. The van der Waals surface area contributed by atoms with Gasteiger partial charge >= 0.3 is 6.01 Å². The summed E-state index contributed by atoms with van der Waals surface area (Å²) in [5.41, 5.74) is -0.712. The van der Waals surface area contributed by atoms with Gasteiger partial charge in [0.05, 0.1) is 5.41 Å². The molecule has 2 aliphatic rings. The zero-order valence-corrected chi connectivity index (χ0v) is 15.0. The summed E-state index contributed by atoms with van der Waals surface area (Å²) in [4.78, 5) is 13.9. The van der Waals surface area contributed by atoms with Crippen LogP contribution in [0.15, 0.2) is 28.7 Å². The summed E-state index contributed by atoms with van der Waals surface area (Å²) in [5.74, 6) is -2.89. The number of hydrogen-bond acceptors (Lipinski definition) is 5. The van der Waals surface area contributed by atoms with Crippen LogP contribution < -0.4 is 5.32 Å². The van der Waals surface area contributed by atoms with Crippen LogP contribution in [0.25, 0.3) is 11.5 Å². The van der Waals surface area contributed by atoms with E-state index in [4.69, 9.17) is 4.42 Å². The van der Waals surface area contributed by atoms with Gasteiger partial charge < -0.3 is 14.6 Å². The summed E-state index contributed by atoms with van der Waals surface area (Å²) in [6, 6.07) is 4.65. The van der Waals surface area contributed by atoms with Gasteiger partial charge in [0.2, 0.25) is 11.8 Å². The van der Waals surface area contributed by atoms with Crippen molar-refractivity contribution < 1.29 is 26.8 Å². The molecule has 28 heavy (non-hydrogen) atoms. The number of alkyl halides is 4. The van der Waals surface area contributed by atoms with Crippen LogP contribution in [0.1, 0.15) is 31.8 Å². The Bertz CT molecular complexity index is 886. The number of aromatic nitrogens is 2. The molecule has 1 aromatic carbocycles. The molecule has 1 aliphatic heterocycles. The van der Waals surface area contributed by atoms with Gasteiger partial charge in [-0.25, -0.2) is 17.6 Å². The SMILES string of the molecule is C[C@H](Nc1nnc(-c2ccc(C(F)F)cc2)o1)C(=O)N1CC[C@]2(C1)CC2(F)F. The van der Waals surface area contributed by atoms with Crippen LogP contribution in [0.5, 0.6) is 0 Å². The molecule has 10 heteroatoms. The predicted molar refractivity (Wildman–Crippen MR) is 91.0 cm³/mol. The van der Waals surface area contributed by atoms with Crippen molar-refractivity contribution in [2.75, 3.05) is 18.4 Å². The van der Waals surface area contributed by atoms with Gasteiger partial charge in [0, 0.05) is 30.6 Å². The number of amides is 1. The van der Waals surface area contributed by atoms with Gasteiger partial charge in [-0.15, -0.1) is 5.10 Å². The fraction of sp³-hybridized carbons (Fsp3) is 0.500. The first kappa shape index (κ1) is 18.7. The molecule has 1 saturated carbocycles. The number of halogens is 4. The lowest BCUT2D eigenvalue weighted by Gasteiger charge is -2.21. The van der Waals surface area contributed by atoms with Gasteiger partial charge in [-0.3, -0.25) is 4.79 Å². The summed E-state index contributed by atoms with van der Waals surface area (Å²) >= 11 is 0. The topological polar surface area (TPSA) is 71.3 Å². The zero-order valence-electron chi connectivity index (χ0n) is 15.0. The van der Waals surface area contributed by atoms with Gasteiger partial charge in [0.25, 0.3) is 12.3 Å². The number of hydrogen-bond donors (Lipinski definition) is 1. The molecule has 4 rings (SSSR count). The van der Waals surface area contributed by atoms with Crippen LogP contribution in [0.4, 0.5) is 23.6 Å². The first-order valence-electron chi connectivity index (χ1n) is 8.86. The molecular weight excluding hydrogens is 380 g/mol. The van der Waals surface area contributed by atoms with Crippen molar-refractivity contribution in [3.05, 3.63) is 29.8 Å². The second-order valence-electron chi connectivity index (χ2n) is 7.37. The summed E-state index contributed by atoms with van der Waals surface area (Å²) in [5, 5.41) is 10.4. The van der Waals surface area contributed by atoms with Crippen molar-refractivity contribution in [2.24, 2.45) is 5.41 Å². The van der Waals surface area contributed by atoms with Crippen molar-refractivity contribution in [1.29, 1.82) is 0 Å². The van der Waals surface area contributed by atoms with Crippen LogP contribution in [-0.2, 0) is 4.79 Å². The molecule has 1 saturated heterocycles. The summed E-state index contributed by atoms with van der Waals surface area (Å²) < 4.78 is 57.6. The minimum Gasteiger partial charge on any atom is -0.403 e. The van der Waals surface area contributed by atoms with Crippen LogP contribution >= 0.6 is 0 Å². The van der Waals surface area contributed by atoms with E-state index in [2.05, 4.69) is 15.5 Å². The van der Waals surface area contributed by atoms with Crippen LogP contribution in [-0.4, -0.2) is 46.1 Å². The third-order valence-corrected chi connectivity index (χ3v) is 5.42. The minimum absolute atomic E-state index is 0.0144. The van der Waals surface area contributed by atoms with E-state index in [1.807, 2.05) is 0 Å². The number of likely N-dealkylation sites (tertiary alicyclic amines) is 1. The number of rotatable bonds is 5. The Kier molecular flexibility index (Phi) is 4.31. The van der Waals surface area contributed by atoms with Gasteiger partial charge in [0.1, 0.15) is 6.04 Å². The van der Waals surface area contributed by atoms with E-state index in [1.54, 1.807) is 6.92 Å². The van der Waals surface area contributed by atoms with Crippen LogP contribution in [0, 0.1) is 5.41 Å². The molecule has 1 aromatic heterocycles. The second kappa shape index (κ2) is 6.46. The van der Waals surface area contributed by atoms with Crippen molar-refractivity contribution in [3.8, 4) is 11.5 Å². The molecule has 2 aromatic rings. The molecule has 0 unspecified atom stereocenters. The smallest absolute Gasteiger partial charge is 0.316 e. The van der Waals surface area contributed by atoms with Crippen molar-refractivity contribution in [2.45, 2.75) is 38.2 Å². The molecule has 2 atom stereocenters. The number of nitrogens with one attached hydrogen (secondary N) is 1. The fourth-order valence-corrected chi connectivity index (χ4v) is 3.57. The largest absolute Gasteiger partial charge is 0.403 e. The highest BCUT2D eigenvalue weighted by Gasteiger charge is 2.73. The number of carbonyl (C=O) groups excluding carboxylic acids is 1. The molecule has 0 radical (unpaired) electrons. The highest BCUT2D eigenvalue weighted by molar-refractivity contribution is 5.84. The number of nitrogens with zero attached hydrogens (tertiary/aromatic N) is 3. The normalized spacial score (nSPS) is 24.0. The monoisotopic (exact) mass is 398 g/mol. The van der Waals surface area contributed by atoms with Gasteiger partial charge in [0.15, 0.2) is 0 Å². The summed E-state index contributed by atoms with van der Waals surface area (Å²) in [6.45, 7) is 1.93. The highest BCUT2D eigenvalue weighted by atomic mass is 19.3. The quantitative estimate of drug-likeness (QED) is 0.777. The molecule has 1 N–H and O–H groups in total. The lowest BCUT2D eigenvalue weighted by molar-refractivity contribution is -0.131. The number of carbonyl (C=O) groups is 1. The molecule has 150 valence electrons. The molecular formula is C18H18F4N4O2. The molecule has 6 nitrogen and oxygen atoms in total. The Hall–Kier alpha value is -2.65. The number of anilines is 1. The summed E-state index contributed by atoms with van der Waals surface area (Å²) in [7, 11) is 0. The Balaban J connectivity index is 1.38. The van der Waals surface area contributed by atoms with Gasteiger partial charge in [-0.2, -0.15) is 0 Å². The Morgan fingerprint density at radius 1 is 1.25 bits per heavy atom. The average Bonchev–Trinajstić information content (AvgIpc) is 3.06. The molecule has 2 heterocycles. The fourth-order valence-electron chi connectivity index (χ4n) is 3.57. The lowest BCUT2D eigenvalue weighted by atomic mass is 10.1. The van der Waals surface area contributed by atoms with E-state index in [-0.39, 0.29) is 36.3 Å². The van der Waals surface area contributed by atoms with Crippen molar-refractivity contribution in [1.82, 2.24) is 15.1 Å². The van der Waals surface area contributed by atoms with Crippen LogP contribution in [0.3, 0.4) is 0 Å². The van der Waals surface area contributed by atoms with E-state index < -0.39 is 23.8 Å². The third-order valence-electron chi connectivity index (χ3n) is 5.42. The van der Waals surface area contributed by atoms with Crippen LogP contribution in [0.2, 0.25) is 0 Å². The van der Waals surface area contributed by atoms with E-state index >= 15 is 0 Å². The van der Waals surface area contributed by atoms with Gasteiger partial charge in [-0.05, 0) is 25.5 Å². The van der Waals surface area contributed by atoms with E-state index in [1.165, 1.54) is 29.2 Å². The maximum atomic E-state index is 13.5. The van der Waals surface area contributed by atoms with Crippen molar-refractivity contribution in [3.63, 3.8) is 0 Å². The van der Waals surface area contributed by atoms with E-state index in [0.717, 1.165) is 0 Å². The first-order valence-corrected chi connectivity index (χ1v) is 8.86. The maximum Gasteiger partial charge on any atom is 0.316 e. The summed E-state index contributed by atoms with van der Waals surface area (Å²) in [6.07, 6.45) is -2.43. The molecule has 1 aliphatic carbocycles. The second-order valence-corrected chi connectivity index (χ2v) is 7.37. The van der Waals surface area contributed by atoms with E-state index in [9.17, 15) is 22.4 Å². The van der Waals surface area contributed by atoms with E-state index in [0.29, 0.717) is 18.5 Å². The van der Waals surface area contributed by atoms with Gasteiger partial charge in [-0.1, -0.05) is 17.2 Å². The lowest BCUT2D eigenvalue weighted by Crippen LogP contribution is -2.40. The number of benzene rings is 1. The average molecular weight is 398 g/mol. The Labute approximate surface area is 157 Å². The predicted octanol–water partition coefficient (Wildman–Crippen LogP) is 3.73. The molecule has 1 amide bonds. The van der Waals surface area contributed by atoms with Crippen molar-refractivity contribution >= 4 is 11.9 Å². The first-order chi connectivity index (χ1) is 13.2. The highest BCUT2D eigenvalue weighted by Crippen LogP contribution is 2.65. The third kappa shape index (κ3) is 3.20.